The highest BCUT2D eigenvalue weighted by Crippen LogP contribution is 2.24. The number of aromatic nitrogens is 2. The van der Waals surface area contributed by atoms with Gasteiger partial charge in [0.1, 0.15) is 11.6 Å². The minimum Gasteiger partial charge on any atom is -0.339 e. The van der Waals surface area contributed by atoms with E-state index in [-0.39, 0.29) is 17.3 Å². The summed E-state index contributed by atoms with van der Waals surface area (Å²) >= 11 is 0. The van der Waals surface area contributed by atoms with Crippen LogP contribution >= 0.6 is 0 Å². The Morgan fingerprint density at radius 1 is 1.22 bits per heavy atom. The lowest BCUT2D eigenvalue weighted by atomic mass is 10.1. The molecule has 0 amide bonds. The first kappa shape index (κ1) is 11.3. The van der Waals surface area contributed by atoms with Crippen LogP contribution in [0.3, 0.4) is 0 Å². The number of hydrogen-bond acceptors (Lipinski definition) is 4. The first-order chi connectivity index (χ1) is 8.72. The van der Waals surface area contributed by atoms with Crippen LogP contribution in [0.4, 0.5) is 8.78 Å². The van der Waals surface area contributed by atoms with E-state index < -0.39 is 11.6 Å². The molecule has 1 aromatic carbocycles. The Labute approximate surface area is 102 Å². The molecule has 1 aliphatic rings. The van der Waals surface area contributed by atoms with Crippen molar-refractivity contribution in [3.63, 3.8) is 0 Å². The molecule has 1 saturated heterocycles. The number of halogens is 2. The van der Waals surface area contributed by atoms with E-state index in [9.17, 15) is 8.78 Å². The van der Waals surface area contributed by atoms with Gasteiger partial charge in [-0.2, -0.15) is 4.98 Å². The topological polar surface area (TPSA) is 51.0 Å². The summed E-state index contributed by atoms with van der Waals surface area (Å²) in [5.74, 6) is -0.391. The van der Waals surface area contributed by atoms with E-state index in [1.807, 2.05) is 0 Å². The summed E-state index contributed by atoms with van der Waals surface area (Å²) in [6.07, 6.45) is 0.930. The van der Waals surface area contributed by atoms with Gasteiger partial charge in [-0.05, 0) is 25.1 Å². The number of nitrogens with zero attached hydrogens (tertiary/aromatic N) is 2. The first-order valence-electron chi connectivity index (χ1n) is 5.73. The zero-order valence-electron chi connectivity index (χ0n) is 9.49. The standard InChI is InChI=1S/C12H11F2N3O/c13-9-3-8(4-10(14)5-9)11-16-12(18-17-11)7-1-2-15-6-7/h3-5,7,15H,1-2,6H2. The van der Waals surface area contributed by atoms with Crippen LogP contribution in [0.15, 0.2) is 22.7 Å². The molecule has 2 aromatic rings. The van der Waals surface area contributed by atoms with Gasteiger partial charge in [0.05, 0.1) is 5.92 Å². The van der Waals surface area contributed by atoms with Crippen molar-refractivity contribution in [2.24, 2.45) is 0 Å². The molecule has 1 atom stereocenters. The first-order valence-corrected chi connectivity index (χ1v) is 5.73. The van der Waals surface area contributed by atoms with Crippen LogP contribution in [-0.4, -0.2) is 23.2 Å². The largest absolute Gasteiger partial charge is 0.339 e. The maximum Gasteiger partial charge on any atom is 0.231 e. The molecule has 0 radical (unpaired) electrons. The molecular weight excluding hydrogens is 240 g/mol. The minimum absolute atomic E-state index is 0.185. The van der Waals surface area contributed by atoms with Crippen molar-refractivity contribution in [1.82, 2.24) is 15.5 Å². The van der Waals surface area contributed by atoms with E-state index in [0.717, 1.165) is 25.6 Å². The molecule has 1 aliphatic heterocycles. The molecule has 18 heavy (non-hydrogen) atoms. The molecule has 6 heteroatoms. The Morgan fingerprint density at radius 2 is 2.00 bits per heavy atom. The van der Waals surface area contributed by atoms with Crippen molar-refractivity contribution in [3.8, 4) is 11.4 Å². The molecule has 4 nitrogen and oxygen atoms in total. The third-order valence-electron chi connectivity index (χ3n) is 2.97. The predicted octanol–water partition coefficient (Wildman–Crippen LogP) is 2.09. The molecule has 0 aliphatic carbocycles. The smallest absolute Gasteiger partial charge is 0.231 e. The molecule has 0 bridgehead atoms. The highest BCUT2D eigenvalue weighted by atomic mass is 19.1. The lowest BCUT2D eigenvalue weighted by Gasteiger charge is -1.98. The average molecular weight is 251 g/mol. The molecule has 1 aromatic heterocycles. The number of rotatable bonds is 2. The fraction of sp³-hybridized carbons (Fsp3) is 0.333. The highest BCUT2D eigenvalue weighted by molar-refractivity contribution is 5.54. The van der Waals surface area contributed by atoms with Gasteiger partial charge in [0, 0.05) is 18.2 Å². The molecule has 0 saturated carbocycles. The molecule has 1 N–H and O–H groups in total. The molecule has 3 rings (SSSR count). The van der Waals surface area contributed by atoms with Crippen molar-refractivity contribution in [3.05, 3.63) is 35.7 Å². The second-order valence-corrected chi connectivity index (χ2v) is 4.30. The lowest BCUT2D eigenvalue weighted by molar-refractivity contribution is 0.359. The van der Waals surface area contributed by atoms with Gasteiger partial charge < -0.3 is 9.84 Å². The van der Waals surface area contributed by atoms with Crippen molar-refractivity contribution in [2.75, 3.05) is 13.1 Å². The molecular formula is C12H11F2N3O. The van der Waals surface area contributed by atoms with Gasteiger partial charge in [-0.3, -0.25) is 0 Å². The Hall–Kier alpha value is -1.82. The zero-order valence-corrected chi connectivity index (χ0v) is 9.49. The van der Waals surface area contributed by atoms with Crippen LogP contribution in [0.1, 0.15) is 18.2 Å². The Bertz CT molecular complexity index is 544. The van der Waals surface area contributed by atoms with Crippen LogP contribution in [0.25, 0.3) is 11.4 Å². The summed E-state index contributed by atoms with van der Waals surface area (Å²) in [6, 6.07) is 3.18. The van der Waals surface area contributed by atoms with E-state index in [1.165, 1.54) is 12.1 Å². The van der Waals surface area contributed by atoms with Gasteiger partial charge in [0.2, 0.25) is 11.7 Å². The van der Waals surface area contributed by atoms with Gasteiger partial charge in [-0.1, -0.05) is 5.16 Å². The second-order valence-electron chi connectivity index (χ2n) is 4.30. The van der Waals surface area contributed by atoms with E-state index in [2.05, 4.69) is 15.5 Å². The van der Waals surface area contributed by atoms with Crippen molar-refractivity contribution in [1.29, 1.82) is 0 Å². The normalized spacial score (nSPS) is 19.3. The van der Waals surface area contributed by atoms with E-state index in [4.69, 9.17) is 4.52 Å². The van der Waals surface area contributed by atoms with Crippen molar-refractivity contribution >= 4 is 0 Å². The summed E-state index contributed by atoms with van der Waals surface area (Å²) in [4.78, 5) is 4.19. The molecule has 94 valence electrons. The van der Waals surface area contributed by atoms with Gasteiger partial charge in [-0.25, -0.2) is 8.78 Å². The fourth-order valence-corrected chi connectivity index (χ4v) is 2.07. The highest BCUT2D eigenvalue weighted by Gasteiger charge is 2.23. The number of benzene rings is 1. The quantitative estimate of drug-likeness (QED) is 0.888. The van der Waals surface area contributed by atoms with E-state index >= 15 is 0 Å². The second kappa shape index (κ2) is 4.45. The van der Waals surface area contributed by atoms with Crippen LogP contribution in [-0.2, 0) is 0 Å². The average Bonchev–Trinajstić information content (AvgIpc) is 2.99. The summed E-state index contributed by atoms with van der Waals surface area (Å²) in [5, 5.41) is 6.96. The van der Waals surface area contributed by atoms with Gasteiger partial charge in [0.15, 0.2) is 0 Å². The van der Waals surface area contributed by atoms with Crippen LogP contribution < -0.4 is 5.32 Å². The third-order valence-corrected chi connectivity index (χ3v) is 2.97. The Kier molecular flexibility index (Phi) is 2.79. The summed E-state index contributed by atoms with van der Waals surface area (Å²) < 4.78 is 31.3. The van der Waals surface area contributed by atoms with Crippen molar-refractivity contribution in [2.45, 2.75) is 12.3 Å². The molecule has 0 spiro atoms. The molecule has 1 unspecified atom stereocenters. The molecule has 2 heterocycles. The summed E-state index contributed by atoms with van der Waals surface area (Å²) in [6.45, 7) is 1.70. The van der Waals surface area contributed by atoms with Crippen molar-refractivity contribution < 1.29 is 13.3 Å². The number of hydrogen-bond donors (Lipinski definition) is 1. The maximum atomic E-state index is 13.1. The number of nitrogens with one attached hydrogen (secondary N) is 1. The lowest BCUT2D eigenvalue weighted by Crippen LogP contribution is -2.08. The van der Waals surface area contributed by atoms with Gasteiger partial charge in [0.25, 0.3) is 0 Å². The van der Waals surface area contributed by atoms with Gasteiger partial charge in [-0.15, -0.1) is 0 Å². The van der Waals surface area contributed by atoms with Crippen LogP contribution in [0.5, 0.6) is 0 Å². The maximum absolute atomic E-state index is 13.1. The SMILES string of the molecule is Fc1cc(F)cc(-c2noc(C3CCNC3)n2)c1. The van der Waals surface area contributed by atoms with Gasteiger partial charge >= 0.3 is 0 Å². The van der Waals surface area contributed by atoms with E-state index in [0.29, 0.717) is 5.89 Å². The predicted molar refractivity (Wildman–Crippen MR) is 59.9 cm³/mol. The fourth-order valence-electron chi connectivity index (χ4n) is 2.07. The van der Waals surface area contributed by atoms with Crippen LogP contribution in [0, 0.1) is 11.6 Å². The zero-order chi connectivity index (χ0) is 12.5. The van der Waals surface area contributed by atoms with Crippen LogP contribution in [0.2, 0.25) is 0 Å². The minimum atomic E-state index is -0.654. The summed E-state index contributed by atoms with van der Waals surface area (Å²) in [5.41, 5.74) is 0.286. The Morgan fingerprint density at radius 3 is 2.67 bits per heavy atom. The Balaban J connectivity index is 1.92. The molecule has 1 fully saturated rings. The summed E-state index contributed by atoms with van der Waals surface area (Å²) in [7, 11) is 0. The van der Waals surface area contributed by atoms with E-state index in [1.54, 1.807) is 0 Å². The monoisotopic (exact) mass is 251 g/mol. The third kappa shape index (κ3) is 2.11.